The van der Waals surface area contributed by atoms with Crippen molar-refractivity contribution in [2.24, 2.45) is 0 Å². The van der Waals surface area contributed by atoms with Crippen LogP contribution in [0.1, 0.15) is 24.1 Å². The number of nitrogens with zero attached hydrogens (tertiary/aromatic N) is 3. The van der Waals surface area contributed by atoms with Gasteiger partial charge in [-0.25, -0.2) is 4.98 Å². The van der Waals surface area contributed by atoms with Gasteiger partial charge in [0.05, 0.1) is 0 Å². The zero-order valence-electron chi connectivity index (χ0n) is 12.6. The van der Waals surface area contributed by atoms with Crippen LogP contribution in [0.3, 0.4) is 0 Å². The van der Waals surface area contributed by atoms with E-state index >= 15 is 0 Å². The Hall–Kier alpha value is -1.13. The average Bonchev–Trinajstić information content (AvgIpc) is 2.75. The van der Waals surface area contributed by atoms with Crippen LogP contribution in [0.2, 0.25) is 0 Å². The van der Waals surface area contributed by atoms with E-state index in [4.69, 9.17) is 0 Å². The summed E-state index contributed by atoms with van der Waals surface area (Å²) in [5.74, 6) is 1.09. The molecule has 1 saturated heterocycles. The number of aromatic nitrogens is 1. The predicted octanol–water partition coefficient (Wildman–Crippen LogP) is 1.64. The lowest BCUT2D eigenvalue weighted by molar-refractivity contribution is 0.314. The van der Waals surface area contributed by atoms with Crippen LogP contribution in [0.15, 0.2) is 12.1 Å². The molecular formula is C15H26N4. The van der Waals surface area contributed by atoms with Crippen molar-refractivity contribution in [3.63, 3.8) is 0 Å². The monoisotopic (exact) mass is 262 g/mol. The predicted molar refractivity (Wildman–Crippen MR) is 80.7 cm³/mol. The van der Waals surface area contributed by atoms with E-state index in [2.05, 4.69) is 53.3 Å². The third kappa shape index (κ3) is 3.67. The zero-order chi connectivity index (χ0) is 13.8. The van der Waals surface area contributed by atoms with E-state index < -0.39 is 0 Å². The van der Waals surface area contributed by atoms with Crippen molar-refractivity contribution in [3.05, 3.63) is 23.4 Å². The van der Waals surface area contributed by atoms with Crippen molar-refractivity contribution in [1.29, 1.82) is 0 Å². The summed E-state index contributed by atoms with van der Waals surface area (Å²) >= 11 is 0. The molecule has 1 aromatic rings. The van der Waals surface area contributed by atoms with Gasteiger partial charge in [0.15, 0.2) is 0 Å². The van der Waals surface area contributed by atoms with E-state index in [0.29, 0.717) is 6.04 Å². The van der Waals surface area contributed by atoms with Crippen molar-refractivity contribution in [1.82, 2.24) is 15.2 Å². The fourth-order valence-corrected chi connectivity index (χ4v) is 2.84. The highest BCUT2D eigenvalue weighted by molar-refractivity contribution is 5.42. The summed E-state index contributed by atoms with van der Waals surface area (Å²) in [5.41, 5.74) is 2.39. The van der Waals surface area contributed by atoms with Gasteiger partial charge in [-0.15, -0.1) is 0 Å². The summed E-state index contributed by atoms with van der Waals surface area (Å²) in [6.45, 7) is 5.25. The molecule has 4 nitrogen and oxygen atoms in total. The molecule has 0 saturated carbocycles. The van der Waals surface area contributed by atoms with Crippen LogP contribution >= 0.6 is 0 Å². The van der Waals surface area contributed by atoms with Crippen molar-refractivity contribution < 1.29 is 0 Å². The molecule has 1 unspecified atom stereocenters. The van der Waals surface area contributed by atoms with Gasteiger partial charge in [-0.2, -0.15) is 0 Å². The Morgan fingerprint density at radius 2 is 2.26 bits per heavy atom. The average molecular weight is 262 g/mol. The SMILES string of the molecule is CNCc1cc(C)nc(N(C)CC2CCCN2C)c1. The van der Waals surface area contributed by atoms with Gasteiger partial charge in [0.2, 0.25) is 0 Å². The van der Waals surface area contributed by atoms with E-state index in [9.17, 15) is 0 Å². The molecule has 1 aromatic heterocycles. The molecule has 19 heavy (non-hydrogen) atoms. The van der Waals surface area contributed by atoms with Crippen LogP contribution in [0.25, 0.3) is 0 Å². The molecule has 0 radical (unpaired) electrons. The summed E-state index contributed by atoms with van der Waals surface area (Å²) in [4.78, 5) is 9.41. The third-order valence-corrected chi connectivity index (χ3v) is 3.93. The highest BCUT2D eigenvalue weighted by Crippen LogP contribution is 2.19. The summed E-state index contributed by atoms with van der Waals surface area (Å²) in [5, 5.41) is 3.20. The van der Waals surface area contributed by atoms with Crippen LogP contribution < -0.4 is 10.2 Å². The molecule has 4 heteroatoms. The molecule has 1 aliphatic heterocycles. The molecule has 0 aliphatic carbocycles. The molecule has 106 valence electrons. The maximum atomic E-state index is 4.66. The van der Waals surface area contributed by atoms with Crippen LogP contribution in [-0.2, 0) is 6.54 Å². The summed E-state index contributed by atoms with van der Waals surface area (Å²) in [6.07, 6.45) is 2.62. The van der Waals surface area contributed by atoms with Crippen molar-refractivity contribution in [2.75, 3.05) is 39.1 Å². The second-order valence-corrected chi connectivity index (χ2v) is 5.66. The van der Waals surface area contributed by atoms with Gasteiger partial charge in [-0.3, -0.25) is 0 Å². The third-order valence-electron chi connectivity index (χ3n) is 3.93. The Morgan fingerprint density at radius 1 is 1.47 bits per heavy atom. The number of nitrogens with one attached hydrogen (secondary N) is 1. The Bertz CT molecular complexity index is 419. The molecular weight excluding hydrogens is 236 g/mol. The maximum absolute atomic E-state index is 4.66. The molecule has 1 N–H and O–H groups in total. The molecule has 0 spiro atoms. The van der Waals surface area contributed by atoms with Crippen molar-refractivity contribution in [2.45, 2.75) is 32.4 Å². The number of pyridine rings is 1. The highest BCUT2D eigenvalue weighted by atomic mass is 15.2. The minimum atomic E-state index is 0.667. The highest BCUT2D eigenvalue weighted by Gasteiger charge is 2.22. The van der Waals surface area contributed by atoms with E-state index in [1.54, 1.807) is 0 Å². The molecule has 1 atom stereocenters. The van der Waals surface area contributed by atoms with Crippen molar-refractivity contribution >= 4 is 5.82 Å². The minimum absolute atomic E-state index is 0.667. The number of rotatable bonds is 5. The van der Waals surface area contributed by atoms with Crippen molar-refractivity contribution in [3.8, 4) is 0 Å². The Kier molecular flexibility index (Phi) is 4.77. The molecule has 2 heterocycles. The molecule has 0 amide bonds. The fraction of sp³-hybridized carbons (Fsp3) is 0.667. The van der Waals surface area contributed by atoms with Gasteiger partial charge < -0.3 is 15.1 Å². The van der Waals surface area contributed by atoms with Gasteiger partial charge >= 0.3 is 0 Å². The van der Waals surface area contributed by atoms with E-state index in [1.165, 1.54) is 24.9 Å². The Labute approximate surface area is 116 Å². The normalized spacial score (nSPS) is 19.9. The second kappa shape index (κ2) is 6.35. The Balaban J connectivity index is 2.07. The first-order chi connectivity index (χ1) is 9.10. The van der Waals surface area contributed by atoms with Gasteiger partial charge in [0, 0.05) is 31.9 Å². The molecule has 1 aliphatic rings. The first-order valence-corrected chi connectivity index (χ1v) is 7.13. The number of hydrogen-bond acceptors (Lipinski definition) is 4. The smallest absolute Gasteiger partial charge is 0.128 e. The molecule has 0 bridgehead atoms. The molecule has 1 fully saturated rings. The van der Waals surface area contributed by atoms with Gasteiger partial charge in [0.1, 0.15) is 5.82 Å². The lowest BCUT2D eigenvalue weighted by Crippen LogP contribution is -2.37. The van der Waals surface area contributed by atoms with E-state index in [0.717, 1.165) is 24.6 Å². The van der Waals surface area contributed by atoms with E-state index in [-0.39, 0.29) is 0 Å². The fourth-order valence-electron chi connectivity index (χ4n) is 2.84. The number of aryl methyl sites for hydroxylation is 1. The zero-order valence-corrected chi connectivity index (χ0v) is 12.6. The minimum Gasteiger partial charge on any atom is -0.358 e. The molecule has 2 rings (SSSR count). The second-order valence-electron chi connectivity index (χ2n) is 5.66. The van der Waals surface area contributed by atoms with Crippen LogP contribution in [0.5, 0.6) is 0 Å². The van der Waals surface area contributed by atoms with Gasteiger partial charge in [0.25, 0.3) is 0 Å². The first-order valence-electron chi connectivity index (χ1n) is 7.13. The lowest BCUT2D eigenvalue weighted by atomic mass is 10.2. The number of likely N-dealkylation sites (tertiary alicyclic amines) is 1. The quantitative estimate of drug-likeness (QED) is 0.874. The summed E-state index contributed by atoms with van der Waals surface area (Å²) in [7, 11) is 6.35. The largest absolute Gasteiger partial charge is 0.358 e. The van der Waals surface area contributed by atoms with Gasteiger partial charge in [-0.05, 0) is 58.1 Å². The van der Waals surface area contributed by atoms with E-state index in [1.807, 2.05) is 7.05 Å². The standard InChI is InChI=1S/C15H26N4/c1-12-8-13(10-16-2)9-15(17-12)19(4)11-14-6-5-7-18(14)3/h8-9,14,16H,5-7,10-11H2,1-4H3. The lowest BCUT2D eigenvalue weighted by Gasteiger charge is -2.27. The summed E-state index contributed by atoms with van der Waals surface area (Å²) < 4.78 is 0. The Morgan fingerprint density at radius 3 is 2.89 bits per heavy atom. The van der Waals surface area contributed by atoms with Gasteiger partial charge in [-0.1, -0.05) is 0 Å². The van der Waals surface area contributed by atoms with Crippen LogP contribution in [-0.4, -0.2) is 50.2 Å². The number of hydrogen-bond donors (Lipinski definition) is 1. The van der Waals surface area contributed by atoms with Crippen LogP contribution in [0, 0.1) is 6.92 Å². The number of anilines is 1. The topological polar surface area (TPSA) is 31.4 Å². The number of likely N-dealkylation sites (N-methyl/N-ethyl adjacent to an activating group) is 2. The van der Waals surface area contributed by atoms with Crippen LogP contribution in [0.4, 0.5) is 5.82 Å². The summed E-state index contributed by atoms with van der Waals surface area (Å²) in [6, 6.07) is 5.01. The first kappa shape index (κ1) is 14.3. The molecule has 0 aromatic carbocycles. The maximum Gasteiger partial charge on any atom is 0.128 e.